The molecule has 3 rings (SSSR count). The van der Waals surface area contributed by atoms with Gasteiger partial charge < -0.3 is 25.2 Å². The quantitative estimate of drug-likeness (QED) is 0.605. The lowest BCUT2D eigenvalue weighted by atomic mass is 10.2. The summed E-state index contributed by atoms with van der Waals surface area (Å²) < 4.78 is 4.62. The molecular weight excluding hydrogens is 372 g/mol. The highest BCUT2D eigenvalue weighted by molar-refractivity contribution is 6.43. The first-order valence-electron chi connectivity index (χ1n) is 9.30. The number of nitrogens with zero attached hydrogens (tertiary/aromatic N) is 2. The van der Waals surface area contributed by atoms with E-state index in [1.54, 1.807) is 12.1 Å². The van der Waals surface area contributed by atoms with E-state index in [4.69, 9.17) is 0 Å². The average Bonchev–Trinajstić information content (AvgIpc) is 2.75. The summed E-state index contributed by atoms with van der Waals surface area (Å²) in [5.74, 6) is -2.03. The molecule has 0 aromatic heterocycles. The smallest absolute Gasteiger partial charge is 0.337 e. The molecular formula is C21H24N4O4. The van der Waals surface area contributed by atoms with Crippen molar-refractivity contribution in [2.24, 2.45) is 0 Å². The molecule has 1 aliphatic heterocycles. The SMILES string of the molecule is COC(=O)c1ccc(NC(=O)C(=O)Nc2ccc(N3CCN(C)CC3)cc2)cc1. The summed E-state index contributed by atoms with van der Waals surface area (Å²) in [7, 11) is 3.40. The number of esters is 1. The Hall–Kier alpha value is -3.39. The Kier molecular flexibility index (Phi) is 6.46. The van der Waals surface area contributed by atoms with E-state index in [1.807, 2.05) is 12.1 Å². The van der Waals surface area contributed by atoms with E-state index in [9.17, 15) is 14.4 Å². The molecule has 0 bridgehead atoms. The number of anilines is 3. The third-order valence-corrected chi connectivity index (χ3v) is 4.76. The van der Waals surface area contributed by atoms with Gasteiger partial charge in [-0.2, -0.15) is 0 Å². The highest BCUT2D eigenvalue weighted by Gasteiger charge is 2.16. The molecule has 0 saturated carbocycles. The van der Waals surface area contributed by atoms with Gasteiger partial charge in [0.05, 0.1) is 12.7 Å². The second kappa shape index (κ2) is 9.20. The maximum Gasteiger partial charge on any atom is 0.337 e. The molecule has 1 heterocycles. The Bertz CT molecular complexity index is 873. The molecule has 152 valence electrons. The van der Waals surface area contributed by atoms with E-state index in [-0.39, 0.29) is 0 Å². The van der Waals surface area contributed by atoms with Crippen LogP contribution in [0.1, 0.15) is 10.4 Å². The number of carbonyl (C=O) groups excluding carboxylic acids is 3. The van der Waals surface area contributed by atoms with Gasteiger partial charge >= 0.3 is 17.8 Å². The lowest BCUT2D eigenvalue weighted by molar-refractivity contribution is -0.132. The summed E-state index contributed by atoms with van der Waals surface area (Å²) in [4.78, 5) is 40.2. The van der Waals surface area contributed by atoms with Gasteiger partial charge in [-0.05, 0) is 55.6 Å². The molecule has 0 radical (unpaired) electrons. The lowest BCUT2D eigenvalue weighted by Gasteiger charge is -2.34. The van der Waals surface area contributed by atoms with Crippen LogP contribution in [0.15, 0.2) is 48.5 Å². The summed E-state index contributed by atoms with van der Waals surface area (Å²) in [5, 5.41) is 5.08. The van der Waals surface area contributed by atoms with Crippen LogP contribution in [-0.2, 0) is 14.3 Å². The van der Waals surface area contributed by atoms with E-state index >= 15 is 0 Å². The third kappa shape index (κ3) is 5.32. The van der Waals surface area contributed by atoms with Gasteiger partial charge in [0.1, 0.15) is 0 Å². The molecule has 1 aliphatic rings. The molecule has 8 nitrogen and oxygen atoms in total. The third-order valence-electron chi connectivity index (χ3n) is 4.76. The molecule has 2 amide bonds. The van der Waals surface area contributed by atoms with Crippen molar-refractivity contribution in [3.05, 3.63) is 54.1 Å². The van der Waals surface area contributed by atoms with Crippen LogP contribution < -0.4 is 15.5 Å². The summed E-state index contributed by atoms with van der Waals surface area (Å²) in [6.45, 7) is 3.94. The zero-order valence-corrected chi connectivity index (χ0v) is 16.5. The van der Waals surface area contributed by atoms with Crippen LogP contribution in [0.5, 0.6) is 0 Å². The van der Waals surface area contributed by atoms with Crippen LogP contribution in [0.3, 0.4) is 0 Å². The number of benzene rings is 2. The summed E-state index contributed by atoms with van der Waals surface area (Å²) in [6.07, 6.45) is 0. The predicted molar refractivity (Wildman–Crippen MR) is 111 cm³/mol. The fraction of sp³-hybridized carbons (Fsp3) is 0.286. The molecule has 0 unspecified atom stereocenters. The first kappa shape index (κ1) is 20.3. The Morgan fingerprint density at radius 3 is 1.76 bits per heavy atom. The summed E-state index contributed by atoms with van der Waals surface area (Å²) in [5.41, 5.74) is 2.40. The average molecular weight is 396 g/mol. The second-order valence-corrected chi connectivity index (χ2v) is 6.81. The number of methoxy groups -OCH3 is 1. The van der Waals surface area contributed by atoms with Crippen LogP contribution in [-0.4, -0.2) is 63.0 Å². The van der Waals surface area contributed by atoms with Crippen molar-refractivity contribution in [3.63, 3.8) is 0 Å². The van der Waals surface area contributed by atoms with Crippen molar-refractivity contribution < 1.29 is 19.1 Å². The predicted octanol–water partition coefficient (Wildman–Crippen LogP) is 1.80. The van der Waals surface area contributed by atoms with E-state index in [0.717, 1.165) is 31.9 Å². The molecule has 2 aromatic carbocycles. The molecule has 2 N–H and O–H groups in total. The van der Waals surface area contributed by atoms with Gasteiger partial charge in [0, 0.05) is 43.2 Å². The number of rotatable bonds is 4. The first-order valence-corrected chi connectivity index (χ1v) is 9.30. The van der Waals surface area contributed by atoms with Gasteiger partial charge in [-0.3, -0.25) is 9.59 Å². The lowest BCUT2D eigenvalue weighted by Crippen LogP contribution is -2.44. The minimum Gasteiger partial charge on any atom is -0.465 e. The maximum atomic E-state index is 12.1. The number of hydrogen-bond acceptors (Lipinski definition) is 6. The van der Waals surface area contributed by atoms with E-state index in [2.05, 4.69) is 32.2 Å². The largest absolute Gasteiger partial charge is 0.465 e. The van der Waals surface area contributed by atoms with Gasteiger partial charge in [-0.25, -0.2) is 4.79 Å². The normalized spacial score (nSPS) is 14.2. The van der Waals surface area contributed by atoms with Gasteiger partial charge in [0.2, 0.25) is 0 Å². The van der Waals surface area contributed by atoms with E-state index in [0.29, 0.717) is 16.9 Å². The number of piperazine rings is 1. The topological polar surface area (TPSA) is 91.0 Å². The highest BCUT2D eigenvalue weighted by atomic mass is 16.5. The van der Waals surface area contributed by atoms with Gasteiger partial charge in [-0.1, -0.05) is 0 Å². The summed E-state index contributed by atoms with van der Waals surface area (Å²) in [6, 6.07) is 13.5. The summed E-state index contributed by atoms with van der Waals surface area (Å²) >= 11 is 0. The number of carbonyl (C=O) groups is 3. The van der Waals surface area contributed by atoms with Gasteiger partial charge in [0.25, 0.3) is 0 Å². The van der Waals surface area contributed by atoms with Crippen LogP contribution in [0.2, 0.25) is 0 Å². The monoisotopic (exact) mass is 396 g/mol. The van der Waals surface area contributed by atoms with Crippen molar-refractivity contribution in [1.82, 2.24) is 4.90 Å². The molecule has 29 heavy (non-hydrogen) atoms. The molecule has 0 atom stereocenters. The van der Waals surface area contributed by atoms with Crippen LogP contribution in [0.25, 0.3) is 0 Å². The molecule has 1 saturated heterocycles. The fourth-order valence-electron chi connectivity index (χ4n) is 3.00. The molecule has 2 aromatic rings. The van der Waals surface area contributed by atoms with Crippen molar-refractivity contribution in [1.29, 1.82) is 0 Å². The van der Waals surface area contributed by atoms with Crippen molar-refractivity contribution in [3.8, 4) is 0 Å². The number of hydrogen-bond donors (Lipinski definition) is 2. The Labute approximate surface area is 169 Å². The fourth-order valence-corrected chi connectivity index (χ4v) is 3.00. The Morgan fingerprint density at radius 1 is 0.793 bits per heavy atom. The Balaban J connectivity index is 1.54. The second-order valence-electron chi connectivity index (χ2n) is 6.81. The minimum absolute atomic E-state index is 0.357. The van der Waals surface area contributed by atoms with Crippen LogP contribution >= 0.6 is 0 Å². The van der Waals surface area contributed by atoms with Crippen molar-refractivity contribution in [2.75, 3.05) is 55.9 Å². The minimum atomic E-state index is -0.793. The molecule has 1 fully saturated rings. The molecule has 0 aliphatic carbocycles. The standard InChI is InChI=1S/C21H24N4O4/c1-24-11-13-25(14-12-24)18-9-7-17(8-10-18)23-20(27)19(26)22-16-5-3-15(4-6-16)21(28)29-2/h3-10H,11-14H2,1-2H3,(H,22,26)(H,23,27). The number of nitrogens with one attached hydrogen (secondary N) is 2. The van der Waals surface area contributed by atoms with Crippen LogP contribution in [0.4, 0.5) is 17.1 Å². The number of ether oxygens (including phenoxy) is 1. The molecule has 0 spiro atoms. The zero-order valence-electron chi connectivity index (χ0n) is 16.5. The van der Waals surface area contributed by atoms with Crippen molar-refractivity contribution in [2.45, 2.75) is 0 Å². The maximum absolute atomic E-state index is 12.1. The zero-order chi connectivity index (χ0) is 20.8. The molecule has 8 heteroatoms. The number of amides is 2. The van der Waals surface area contributed by atoms with Crippen LogP contribution in [0, 0.1) is 0 Å². The van der Waals surface area contributed by atoms with E-state index in [1.165, 1.54) is 31.4 Å². The van der Waals surface area contributed by atoms with E-state index < -0.39 is 17.8 Å². The van der Waals surface area contributed by atoms with Gasteiger partial charge in [0.15, 0.2) is 0 Å². The number of likely N-dealkylation sites (N-methyl/N-ethyl adjacent to an activating group) is 1. The Morgan fingerprint density at radius 2 is 1.28 bits per heavy atom. The van der Waals surface area contributed by atoms with Crippen molar-refractivity contribution >= 4 is 34.8 Å². The van der Waals surface area contributed by atoms with Gasteiger partial charge in [-0.15, -0.1) is 0 Å². The highest BCUT2D eigenvalue weighted by Crippen LogP contribution is 2.19. The first-order chi connectivity index (χ1) is 14.0.